The Morgan fingerprint density at radius 1 is 1.21 bits per heavy atom. The van der Waals surface area contributed by atoms with Gasteiger partial charge in [0.2, 0.25) is 0 Å². The van der Waals surface area contributed by atoms with Crippen LogP contribution >= 0.6 is 12.2 Å². The summed E-state index contributed by atoms with van der Waals surface area (Å²) in [6.07, 6.45) is -1.11. The quantitative estimate of drug-likeness (QED) is 0.679. The highest BCUT2D eigenvalue weighted by molar-refractivity contribution is 7.80. The van der Waals surface area contributed by atoms with E-state index in [1.54, 1.807) is 34.1 Å². The van der Waals surface area contributed by atoms with Crippen molar-refractivity contribution in [2.45, 2.75) is 6.10 Å². The number of carbonyl (C=O) groups excluding carboxylic acids is 2. The summed E-state index contributed by atoms with van der Waals surface area (Å²) in [4.78, 5) is 28.9. The van der Waals surface area contributed by atoms with Crippen LogP contribution in [0.4, 0.5) is 21.0 Å². The van der Waals surface area contributed by atoms with Crippen molar-refractivity contribution in [3.63, 3.8) is 0 Å². The highest BCUT2D eigenvalue weighted by atomic mass is 32.1. The summed E-state index contributed by atoms with van der Waals surface area (Å²) in [6.45, 7) is 2.94. The van der Waals surface area contributed by atoms with Gasteiger partial charge < -0.3 is 24.4 Å². The number of nitrogens with zero attached hydrogens (tertiary/aromatic N) is 3. The van der Waals surface area contributed by atoms with Crippen LogP contribution in [-0.2, 0) is 14.2 Å². The van der Waals surface area contributed by atoms with Crippen molar-refractivity contribution < 1.29 is 23.8 Å². The summed E-state index contributed by atoms with van der Waals surface area (Å²) in [6, 6.07) is 7.14. The molecule has 2 aliphatic heterocycles. The van der Waals surface area contributed by atoms with Crippen LogP contribution in [0.5, 0.6) is 0 Å². The highest BCUT2D eigenvalue weighted by Crippen LogP contribution is 2.26. The normalized spacial score (nSPS) is 19.0. The molecule has 3 rings (SSSR count). The molecule has 1 aromatic rings. The van der Waals surface area contributed by atoms with Gasteiger partial charge in [0, 0.05) is 17.9 Å². The molecule has 2 fully saturated rings. The molecular weight excluding hydrogens is 384 g/mol. The van der Waals surface area contributed by atoms with Gasteiger partial charge in [0.1, 0.15) is 19.3 Å². The van der Waals surface area contributed by atoms with E-state index in [1.165, 1.54) is 0 Å². The zero-order valence-corrected chi connectivity index (χ0v) is 16.7. The zero-order chi connectivity index (χ0) is 20.1. The SMILES string of the molecule is CN(C)CCOC(=S)NCC1CN(c2ccc(N3CCOC3=O)cc2)C(=O)O1. The van der Waals surface area contributed by atoms with E-state index in [4.69, 9.17) is 26.4 Å². The number of anilines is 2. The summed E-state index contributed by atoms with van der Waals surface area (Å²) in [5.74, 6) is 0. The van der Waals surface area contributed by atoms with Gasteiger partial charge in [-0.3, -0.25) is 9.80 Å². The molecular formula is C18H24N4O5S. The van der Waals surface area contributed by atoms with E-state index in [9.17, 15) is 9.59 Å². The Kier molecular flexibility index (Phi) is 6.53. The lowest BCUT2D eigenvalue weighted by Gasteiger charge is -2.16. The van der Waals surface area contributed by atoms with Gasteiger partial charge in [-0.2, -0.15) is 0 Å². The van der Waals surface area contributed by atoms with Crippen molar-refractivity contribution >= 4 is 41.0 Å². The molecule has 2 amide bonds. The molecule has 1 atom stereocenters. The molecule has 0 aliphatic carbocycles. The number of rotatable bonds is 7. The number of likely N-dealkylation sites (N-methyl/N-ethyl adjacent to an activating group) is 1. The van der Waals surface area contributed by atoms with Crippen molar-refractivity contribution in [1.29, 1.82) is 0 Å². The molecule has 1 N–H and O–H groups in total. The van der Waals surface area contributed by atoms with Crippen LogP contribution in [0.1, 0.15) is 0 Å². The topological polar surface area (TPSA) is 83.6 Å². The van der Waals surface area contributed by atoms with Crippen molar-refractivity contribution in [1.82, 2.24) is 10.2 Å². The van der Waals surface area contributed by atoms with Gasteiger partial charge in [0.15, 0.2) is 0 Å². The molecule has 0 aromatic heterocycles. The van der Waals surface area contributed by atoms with Crippen molar-refractivity contribution in [3.8, 4) is 0 Å². The fourth-order valence-electron chi connectivity index (χ4n) is 2.85. The Morgan fingerprint density at radius 3 is 2.50 bits per heavy atom. The average molecular weight is 408 g/mol. The van der Waals surface area contributed by atoms with Gasteiger partial charge in [-0.15, -0.1) is 0 Å². The molecule has 0 saturated carbocycles. The zero-order valence-electron chi connectivity index (χ0n) is 15.9. The summed E-state index contributed by atoms with van der Waals surface area (Å²) in [5.41, 5.74) is 1.44. The molecule has 1 unspecified atom stereocenters. The summed E-state index contributed by atoms with van der Waals surface area (Å²) in [7, 11) is 3.91. The second-order valence-electron chi connectivity index (χ2n) is 6.72. The predicted octanol–water partition coefficient (Wildman–Crippen LogP) is 1.42. The summed E-state index contributed by atoms with van der Waals surface area (Å²) in [5, 5.41) is 3.26. The Morgan fingerprint density at radius 2 is 1.89 bits per heavy atom. The van der Waals surface area contributed by atoms with Crippen LogP contribution in [0.2, 0.25) is 0 Å². The third-order valence-corrected chi connectivity index (χ3v) is 4.62. The number of nitrogens with one attached hydrogen (secondary N) is 1. The van der Waals surface area contributed by atoms with E-state index in [-0.39, 0.29) is 12.2 Å². The number of ether oxygens (including phenoxy) is 3. The minimum absolute atomic E-state index is 0.290. The van der Waals surface area contributed by atoms with Crippen molar-refractivity contribution in [2.24, 2.45) is 0 Å². The Bertz CT molecular complexity index is 727. The van der Waals surface area contributed by atoms with Gasteiger partial charge in [-0.25, -0.2) is 9.59 Å². The standard InChI is InChI=1S/C18H24N4O5S/c1-20(2)7-9-25-16(28)19-11-15-12-22(18(24)27-15)14-5-3-13(4-6-14)21-8-10-26-17(21)23/h3-6,15H,7-12H2,1-2H3,(H,19,28). The molecule has 0 spiro atoms. The maximum atomic E-state index is 12.2. The molecule has 28 heavy (non-hydrogen) atoms. The number of hydrogen-bond acceptors (Lipinski definition) is 7. The van der Waals surface area contributed by atoms with E-state index in [0.717, 1.165) is 12.2 Å². The van der Waals surface area contributed by atoms with Crippen LogP contribution in [0.25, 0.3) is 0 Å². The Balaban J connectivity index is 1.49. The lowest BCUT2D eigenvalue weighted by Crippen LogP contribution is -2.35. The molecule has 2 heterocycles. The molecule has 0 radical (unpaired) electrons. The molecule has 0 bridgehead atoms. The van der Waals surface area contributed by atoms with E-state index < -0.39 is 6.09 Å². The molecule has 9 nitrogen and oxygen atoms in total. The average Bonchev–Trinajstić information content (AvgIpc) is 3.25. The number of carbonyl (C=O) groups is 2. The fourth-order valence-corrected chi connectivity index (χ4v) is 3.01. The van der Waals surface area contributed by atoms with Gasteiger partial charge in [0.25, 0.3) is 5.17 Å². The van der Waals surface area contributed by atoms with Crippen molar-refractivity contribution in [3.05, 3.63) is 24.3 Å². The summed E-state index contributed by atoms with van der Waals surface area (Å²) >= 11 is 5.12. The molecule has 10 heteroatoms. The first kappa shape index (κ1) is 20.2. The smallest absolute Gasteiger partial charge is 0.414 e. The fraction of sp³-hybridized carbons (Fsp3) is 0.500. The van der Waals surface area contributed by atoms with E-state index >= 15 is 0 Å². The largest absolute Gasteiger partial charge is 0.470 e. The molecule has 2 saturated heterocycles. The maximum absolute atomic E-state index is 12.2. The van der Waals surface area contributed by atoms with E-state index in [2.05, 4.69) is 5.32 Å². The monoisotopic (exact) mass is 408 g/mol. The maximum Gasteiger partial charge on any atom is 0.414 e. The highest BCUT2D eigenvalue weighted by Gasteiger charge is 2.32. The first-order valence-corrected chi connectivity index (χ1v) is 9.43. The van der Waals surface area contributed by atoms with Crippen LogP contribution in [-0.4, -0.2) is 81.9 Å². The lowest BCUT2D eigenvalue weighted by atomic mass is 10.2. The second-order valence-corrected chi connectivity index (χ2v) is 7.09. The number of hydrogen-bond donors (Lipinski definition) is 1. The number of cyclic esters (lactones) is 2. The number of amides is 2. The Hall–Kier alpha value is -2.59. The van der Waals surface area contributed by atoms with Gasteiger partial charge in [-0.1, -0.05) is 0 Å². The van der Waals surface area contributed by atoms with Crippen molar-refractivity contribution in [2.75, 3.05) is 63.3 Å². The van der Waals surface area contributed by atoms with E-state index in [1.807, 2.05) is 19.0 Å². The lowest BCUT2D eigenvalue weighted by molar-refractivity contribution is 0.141. The number of thiocarbonyl (C=S) groups is 1. The van der Waals surface area contributed by atoms with Crippen LogP contribution in [0, 0.1) is 0 Å². The predicted molar refractivity (Wildman–Crippen MR) is 108 cm³/mol. The molecule has 1 aromatic carbocycles. The minimum Gasteiger partial charge on any atom is -0.470 e. The van der Waals surface area contributed by atoms with Crippen LogP contribution in [0.15, 0.2) is 24.3 Å². The molecule has 2 aliphatic rings. The summed E-state index contributed by atoms with van der Waals surface area (Å²) < 4.78 is 15.7. The second kappa shape index (κ2) is 9.07. The first-order valence-electron chi connectivity index (χ1n) is 9.02. The minimum atomic E-state index is -0.417. The van der Waals surface area contributed by atoms with Crippen LogP contribution < -0.4 is 15.1 Å². The Labute approximate surface area is 169 Å². The van der Waals surface area contributed by atoms with E-state index in [0.29, 0.717) is 43.7 Å². The number of benzene rings is 1. The third-order valence-electron chi connectivity index (χ3n) is 4.35. The van der Waals surface area contributed by atoms with Gasteiger partial charge in [-0.05, 0) is 50.6 Å². The molecule has 152 valence electrons. The third kappa shape index (κ3) is 5.02. The van der Waals surface area contributed by atoms with Gasteiger partial charge >= 0.3 is 12.2 Å². The first-order chi connectivity index (χ1) is 13.4. The van der Waals surface area contributed by atoms with Crippen LogP contribution in [0.3, 0.4) is 0 Å². The van der Waals surface area contributed by atoms with Gasteiger partial charge in [0.05, 0.1) is 19.6 Å².